The van der Waals surface area contributed by atoms with Gasteiger partial charge >= 0.3 is 0 Å². The normalized spacial score (nSPS) is 15.6. The zero-order chi connectivity index (χ0) is 16.8. The van der Waals surface area contributed by atoms with Gasteiger partial charge in [-0.15, -0.1) is 24.8 Å². The van der Waals surface area contributed by atoms with Crippen LogP contribution in [0.4, 0.5) is 5.82 Å². The van der Waals surface area contributed by atoms with E-state index in [1.54, 1.807) is 12.1 Å². The lowest BCUT2D eigenvalue weighted by Gasteiger charge is -2.33. The third kappa shape index (κ3) is 6.98. The molecule has 142 valence electrons. The van der Waals surface area contributed by atoms with E-state index in [2.05, 4.69) is 15.6 Å². The summed E-state index contributed by atoms with van der Waals surface area (Å²) < 4.78 is 0. The Bertz CT molecular complexity index is 549. The highest BCUT2D eigenvalue weighted by molar-refractivity contribution is 6.30. The molecule has 1 saturated heterocycles. The quantitative estimate of drug-likeness (QED) is 0.781. The van der Waals surface area contributed by atoms with Crippen LogP contribution in [-0.4, -0.2) is 48.4 Å². The number of nitrogens with one attached hydrogen (secondary N) is 2. The van der Waals surface area contributed by atoms with Crippen LogP contribution in [0.25, 0.3) is 0 Å². The summed E-state index contributed by atoms with van der Waals surface area (Å²) in [6.07, 6.45) is 2.86. The number of nitrogens with zero attached hydrogens (tertiary/aromatic N) is 2. The van der Waals surface area contributed by atoms with E-state index < -0.39 is 0 Å². The van der Waals surface area contributed by atoms with Gasteiger partial charge in [-0.05, 0) is 32.0 Å². The number of hydrogen-bond acceptors (Lipinski definition) is 4. The van der Waals surface area contributed by atoms with Crippen molar-refractivity contribution in [2.75, 3.05) is 32.0 Å². The fraction of sp³-hybridized carbons (Fsp3) is 0.562. The molecule has 2 amide bonds. The van der Waals surface area contributed by atoms with Gasteiger partial charge in [0.25, 0.3) is 0 Å². The van der Waals surface area contributed by atoms with Crippen LogP contribution in [-0.2, 0) is 9.59 Å². The standard InChI is InChI=1S/C16H23ClN4O2.2ClH/c1-11(9-18-2)16(23)21-7-5-12(6-8-21)15(22)20-14-4-3-13(17)10-19-14;;/h3-4,10-12,18H,5-9H2,1-2H3,(H,19,20,22);2*1H. The predicted octanol–water partition coefficient (Wildman–Crippen LogP) is 2.61. The van der Waals surface area contributed by atoms with Crippen molar-refractivity contribution in [3.8, 4) is 0 Å². The Morgan fingerprint density at radius 1 is 1.32 bits per heavy atom. The van der Waals surface area contributed by atoms with E-state index in [4.69, 9.17) is 11.6 Å². The first-order valence-corrected chi connectivity index (χ1v) is 8.25. The average molecular weight is 412 g/mol. The minimum absolute atomic E-state index is 0. The zero-order valence-corrected chi connectivity index (χ0v) is 16.7. The third-order valence-corrected chi connectivity index (χ3v) is 4.31. The van der Waals surface area contributed by atoms with E-state index in [9.17, 15) is 9.59 Å². The van der Waals surface area contributed by atoms with Crippen molar-refractivity contribution in [2.24, 2.45) is 11.8 Å². The molecule has 0 bridgehead atoms. The molecule has 1 atom stereocenters. The topological polar surface area (TPSA) is 74.3 Å². The molecule has 0 aromatic carbocycles. The number of carbonyl (C=O) groups excluding carboxylic acids is 2. The summed E-state index contributed by atoms with van der Waals surface area (Å²) in [7, 11) is 1.84. The Kier molecular flexibility index (Phi) is 11.0. The van der Waals surface area contributed by atoms with Gasteiger partial charge in [-0.1, -0.05) is 18.5 Å². The van der Waals surface area contributed by atoms with E-state index >= 15 is 0 Å². The van der Waals surface area contributed by atoms with Gasteiger partial charge in [0, 0.05) is 37.7 Å². The molecule has 1 aromatic rings. The summed E-state index contributed by atoms with van der Waals surface area (Å²) in [4.78, 5) is 30.4. The molecule has 2 rings (SSSR count). The molecule has 1 aliphatic heterocycles. The first-order valence-electron chi connectivity index (χ1n) is 7.87. The number of carbonyl (C=O) groups is 2. The minimum atomic E-state index is -0.0869. The van der Waals surface area contributed by atoms with Gasteiger partial charge in [0.1, 0.15) is 5.82 Å². The van der Waals surface area contributed by atoms with Crippen LogP contribution in [0.3, 0.4) is 0 Å². The van der Waals surface area contributed by atoms with Crippen LogP contribution >= 0.6 is 36.4 Å². The van der Waals surface area contributed by atoms with Crippen LogP contribution in [0.15, 0.2) is 18.3 Å². The molecule has 9 heteroatoms. The number of anilines is 1. The number of aromatic nitrogens is 1. The molecular formula is C16H25Cl3N4O2. The number of pyridine rings is 1. The summed E-state index contributed by atoms with van der Waals surface area (Å²) >= 11 is 5.77. The van der Waals surface area contributed by atoms with Gasteiger partial charge in [0.05, 0.1) is 5.02 Å². The van der Waals surface area contributed by atoms with E-state index in [0.29, 0.717) is 43.3 Å². The van der Waals surface area contributed by atoms with Crippen molar-refractivity contribution in [2.45, 2.75) is 19.8 Å². The van der Waals surface area contributed by atoms with Gasteiger partial charge in [0.15, 0.2) is 0 Å². The first kappa shape index (κ1) is 23.9. The van der Waals surface area contributed by atoms with E-state index in [0.717, 1.165) is 0 Å². The Hall–Kier alpha value is -1.08. The minimum Gasteiger partial charge on any atom is -0.342 e. The van der Waals surface area contributed by atoms with Crippen LogP contribution in [0.5, 0.6) is 0 Å². The van der Waals surface area contributed by atoms with Crippen molar-refractivity contribution in [3.05, 3.63) is 23.4 Å². The first-order chi connectivity index (χ1) is 11.0. The molecule has 2 N–H and O–H groups in total. The van der Waals surface area contributed by atoms with Gasteiger partial charge in [0.2, 0.25) is 11.8 Å². The second kappa shape index (κ2) is 11.5. The highest BCUT2D eigenvalue weighted by atomic mass is 35.5. The van der Waals surface area contributed by atoms with Gasteiger partial charge in [-0.3, -0.25) is 9.59 Å². The maximum atomic E-state index is 12.3. The predicted molar refractivity (Wildman–Crippen MR) is 105 cm³/mol. The molecule has 0 spiro atoms. The van der Waals surface area contributed by atoms with Crippen LogP contribution < -0.4 is 10.6 Å². The number of likely N-dealkylation sites (tertiary alicyclic amines) is 1. The summed E-state index contributed by atoms with van der Waals surface area (Å²) in [6.45, 7) is 3.84. The van der Waals surface area contributed by atoms with Crippen molar-refractivity contribution < 1.29 is 9.59 Å². The molecule has 0 aliphatic carbocycles. The van der Waals surface area contributed by atoms with Crippen LogP contribution in [0, 0.1) is 11.8 Å². The molecule has 2 heterocycles. The monoisotopic (exact) mass is 410 g/mol. The van der Waals surface area contributed by atoms with E-state index in [1.165, 1.54) is 6.20 Å². The van der Waals surface area contributed by atoms with Crippen molar-refractivity contribution >= 4 is 54.0 Å². The third-order valence-electron chi connectivity index (χ3n) is 4.09. The lowest BCUT2D eigenvalue weighted by Crippen LogP contribution is -2.45. The fourth-order valence-corrected chi connectivity index (χ4v) is 2.86. The van der Waals surface area contributed by atoms with Crippen LogP contribution in [0.2, 0.25) is 5.02 Å². The second-order valence-corrected chi connectivity index (χ2v) is 6.35. The Morgan fingerprint density at radius 3 is 2.48 bits per heavy atom. The lowest BCUT2D eigenvalue weighted by atomic mass is 9.95. The lowest BCUT2D eigenvalue weighted by molar-refractivity contribution is -0.137. The van der Waals surface area contributed by atoms with Gasteiger partial charge in [-0.25, -0.2) is 4.98 Å². The van der Waals surface area contributed by atoms with Crippen molar-refractivity contribution in [3.63, 3.8) is 0 Å². The van der Waals surface area contributed by atoms with Gasteiger partial charge < -0.3 is 15.5 Å². The molecular weight excluding hydrogens is 387 g/mol. The number of piperidine rings is 1. The van der Waals surface area contributed by atoms with Crippen LogP contribution in [0.1, 0.15) is 19.8 Å². The smallest absolute Gasteiger partial charge is 0.228 e. The molecule has 1 fully saturated rings. The summed E-state index contributed by atoms with van der Waals surface area (Å²) in [5.41, 5.74) is 0. The van der Waals surface area contributed by atoms with E-state index in [1.807, 2.05) is 18.9 Å². The SMILES string of the molecule is CNCC(C)C(=O)N1CCC(C(=O)Nc2ccc(Cl)cn2)CC1.Cl.Cl. The molecule has 6 nitrogen and oxygen atoms in total. The fourth-order valence-electron chi connectivity index (χ4n) is 2.75. The Morgan fingerprint density at radius 2 is 1.96 bits per heavy atom. The number of rotatable bonds is 5. The zero-order valence-electron chi connectivity index (χ0n) is 14.3. The highest BCUT2D eigenvalue weighted by Crippen LogP contribution is 2.20. The molecule has 25 heavy (non-hydrogen) atoms. The largest absolute Gasteiger partial charge is 0.342 e. The molecule has 1 aromatic heterocycles. The van der Waals surface area contributed by atoms with Crippen molar-refractivity contribution in [1.29, 1.82) is 0 Å². The summed E-state index contributed by atoms with van der Waals surface area (Å²) in [5, 5.41) is 6.35. The maximum absolute atomic E-state index is 12.3. The Labute approximate surface area is 165 Å². The number of amides is 2. The molecule has 0 radical (unpaired) electrons. The maximum Gasteiger partial charge on any atom is 0.228 e. The summed E-state index contributed by atoms with van der Waals surface area (Å²) in [5.74, 6) is 0.480. The number of halogens is 3. The number of hydrogen-bond donors (Lipinski definition) is 2. The Balaban J connectivity index is 0.00000288. The second-order valence-electron chi connectivity index (χ2n) is 5.91. The van der Waals surface area contributed by atoms with Crippen molar-refractivity contribution in [1.82, 2.24) is 15.2 Å². The van der Waals surface area contributed by atoms with Gasteiger partial charge in [-0.2, -0.15) is 0 Å². The average Bonchev–Trinajstić information content (AvgIpc) is 2.56. The highest BCUT2D eigenvalue weighted by Gasteiger charge is 2.29. The molecule has 1 unspecified atom stereocenters. The summed E-state index contributed by atoms with van der Waals surface area (Å²) in [6, 6.07) is 3.37. The molecule has 1 aliphatic rings. The molecule has 0 saturated carbocycles. The van der Waals surface area contributed by atoms with E-state index in [-0.39, 0.29) is 48.5 Å².